The van der Waals surface area contributed by atoms with Crippen LogP contribution in [0.3, 0.4) is 0 Å². The lowest BCUT2D eigenvalue weighted by Gasteiger charge is -2.34. The van der Waals surface area contributed by atoms with E-state index in [4.69, 9.17) is 0 Å². The van der Waals surface area contributed by atoms with Gasteiger partial charge in [0.25, 0.3) is 0 Å². The van der Waals surface area contributed by atoms with Gasteiger partial charge in [0.1, 0.15) is 5.75 Å². The molecule has 2 aliphatic rings. The number of anilines is 2. The number of amides is 3. The predicted octanol–water partition coefficient (Wildman–Crippen LogP) is 3.88. The van der Waals surface area contributed by atoms with Crippen LogP contribution < -0.4 is 15.4 Å². The monoisotopic (exact) mass is 479 g/mol. The number of likely N-dealkylation sites (tertiary alicyclic amines) is 1. The smallest absolute Gasteiger partial charge is 0.406 e. The summed E-state index contributed by atoms with van der Waals surface area (Å²) in [7, 11) is 0. The molecule has 0 unspecified atom stereocenters. The number of alkyl halides is 3. The molecule has 2 heterocycles. The number of piperidine rings is 1. The van der Waals surface area contributed by atoms with Crippen molar-refractivity contribution in [3.05, 3.63) is 48.5 Å². The van der Waals surface area contributed by atoms with Crippen LogP contribution in [0, 0.1) is 5.92 Å². The molecule has 0 saturated carbocycles. The average molecular weight is 479 g/mol. The maximum absolute atomic E-state index is 12.9. The Labute approximate surface area is 191 Å². The maximum Gasteiger partial charge on any atom is 0.573 e. The third kappa shape index (κ3) is 5.59. The molecule has 11 heteroatoms. The van der Waals surface area contributed by atoms with Crippen molar-refractivity contribution in [2.24, 2.45) is 5.92 Å². The Morgan fingerprint density at radius 1 is 1.06 bits per heavy atom. The van der Waals surface area contributed by atoms with E-state index >= 15 is 0 Å². The molecule has 2 aromatic carbocycles. The predicted molar refractivity (Wildman–Crippen MR) is 116 cm³/mol. The van der Waals surface area contributed by atoms with E-state index < -0.39 is 11.6 Å². The third-order valence-corrected chi connectivity index (χ3v) is 6.65. The topological polar surface area (TPSA) is 87.7 Å². The van der Waals surface area contributed by atoms with E-state index in [-0.39, 0.29) is 29.4 Å². The van der Waals surface area contributed by atoms with Crippen molar-refractivity contribution < 1.29 is 32.3 Å². The van der Waals surface area contributed by atoms with Crippen LogP contribution in [0.4, 0.5) is 24.5 Å². The molecular weight excluding hydrogens is 459 g/mol. The van der Waals surface area contributed by atoms with Crippen molar-refractivity contribution in [2.45, 2.75) is 29.3 Å². The molecule has 7 nitrogen and oxygen atoms in total. The summed E-state index contributed by atoms with van der Waals surface area (Å²) in [6, 6.07) is 12.2. The van der Waals surface area contributed by atoms with Crippen molar-refractivity contribution in [3.8, 4) is 5.75 Å². The summed E-state index contributed by atoms with van der Waals surface area (Å²) in [4.78, 5) is 40.3. The minimum Gasteiger partial charge on any atom is -0.406 e. The van der Waals surface area contributed by atoms with Gasteiger partial charge in [0, 0.05) is 29.6 Å². The van der Waals surface area contributed by atoms with Crippen LogP contribution in [0.15, 0.2) is 53.4 Å². The highest BCUT2D eigenvalue weighted by atomic mass is 32.2. The van der Waals surface area contributed by atoms with Crippen molar-refractivity contribution in [1.29, 1.82) is 0 Å². The highest BCUT2D eigenvalue weighted by molar-refractivity contribution is 8.01. The number of thioether (sulfide) groups is 1. The molecule has 4 rings (SSSR count). The van der Waals surface area contributed by atoms with Crippen LogP contribution in [0.25, 0.3) is 0 Å². The van der Waals surface area contributed by atoms with Crippen molar-refractivity contribution >= 4 is 40.9 Å². The first-order chi connectivity index (χ1) is 15.7. The number of carbonyl (C=O) groups is 3. The van der Waals surface area contributed by atoms with Crippen LogP contribution in [-0.4, -0.2) is 47.3 Å². The zero-order valence-electron chi connectivity index (χ0n) is 17.2. The lowest BCUT2D eigenvalue weighted by molar-refractivity contribution is -0.274. The van der Waals surface area contributed by atoms with E-state index in [9.17, 15) is 27.6 Å². The Morgan fingerprint density at radius 3 is 2.39 bits per heavy atom. The number of para-hydroxylation sites is 1. The zero-order valence-corrected chi connectivity index (χ0v) is 18.0. The zero-order chi connectivity index (χ0) is 23.6. The number of benzene rings is 2. The molecule has 2 aliphatic heterocycles. The first-order valence-electron chi connectivity index (χ1n) is 10.2. The van der Waals surface area contributed by atoms with Gasteiger partial charge in [0.2, 0.25) is 17.7 Å². The van der Waals surface area contributed by atoms with Gasteiger partial charge in [-0.25, -0.2) is 0 Å². The van der Waals surface area contributed by atoms with Crippen molar-refractivity contribution in [2.75, 3.05) is 23.7 Å². The van der Waals surface area contributed by atoms with E-state index in [2.05, 4.69) is 15.4 Å². The summed E-state index contributed by atoms with van der Waals surface area (Å²) in [6.45, 7) is 0.669. The van der Waals surface area contributed by atoms with Crippen LogP contribution in [-0.2, 0) is 14.4 Å². The van der Waals surface area contributed by atoms with Crippen LogP contribution in [0.1, 0.15) is 12.8 Å². The summed E-state index contributed by atoms with van der Waals surface area (Å²) in [5, 5.41) is 4.57. The normalized spacial score (nSPS) is 18.8. The minimum atomic E-state index is -4.78. The average Bonchev–Trinajstić information content (AvgIpc) is 2.78. The molecule has 1 saturated heterocycles. The Balaban J connectivity index is 1.29. The number of rotatable bonds is 4. The molecule has 1 fully saturated rings. The molecule has 0 radical (unpaired) electrons. The number of carbonyl (C=O) groups excluding carboxylic acids is 3. The van der Waals surface area contributed by atoms with E-state index in [1.165, 1.54) is 23.9 Å². The number of nitrogens with zero attached hydrogens (tertiary/aromatic N) is 1. The fourth-order valence-electron chi connectivity index (χ4n) is 3.73. The molecule has 2 aromatic rings. The number of hydrogen-bond donors (Lipinski definition) is 2. The lowest BCUT2D eigenvalue weighted by atomic mass is 9.95. The van der Waals surface area contributed by atoms with Gasteiger partial charge in [0.15, 0.2) is 5.25 Å². The van der Waals surface area contributed by atoms with Crippen molar-refractivity contribution in [1.82, 2.24) is 4.90 Å². The Bertz CT molecular complexity index is 1050. The fraction of sp³-hybridized carbons (Fsp3) is 0.318. The Kier molecular flexibility index (Phi) is 6.50. The molecule has 0 aliphatic carbocycles. The lowest BCUT2D eigenvalue weighted by Crippen LogP contribution is -2.48. The van der Waals surface area contributed by atoms with Crippen LogP contribution in [0.2, 0.25) is 0 Å². The van der Waals surface area contributed by atoms with Gasteiger partial charge in [0.05, 0.1) is 5.69 Å². The molecule has 0 aromatic heterocycles. The summed E-state index contributed by atoms with van der Waals surface area (Å²) >= 11 is 1.22. The van der Waals surface area contributed by atoms with E-state index in [1.54, 1.807) is 11.0 Å². The van der Waals surface area contributed by atoms with Gasteiger partial charge in [-0.15, -0.1) is 24.9 Å². The van der Waals surface area contributed by atoms with Crippen LogP contribution in [0.5, 0.6) is 5.75 Å². The van der Waals surface area contributed by atoms with Gasteiger partial charge < -0.3 is 20.3 Å². The van der Waals surface area contributed by atoms with Gasteiger partial charge in [-0.2, -0.15) is 0 Å². The molecule has 1 atom stereocenters. The number of nitrogens with one attached hydrogen (secondary N) is 2. The molecule has 174 valence electrons. The standard InChI is InChI=1S/C22H20F3N3O4S/c23-22(24,25)32-15-7-5-14(6-8-15)26-19(29)13-9-11-28(12-10-13)21(31)18-20(30)27-16-3-1-2-4-17(16)33-18/h1-8,13,18H,9-12H2,(H,26,29)(H,27,30)/t18-/m1/s1. The largest absolute Gasteiger partial charge is 0.573 e. The summed E-state index contributed by atoms with van der Waals surface area (Å²) in [5.74, 6) is -1.65. The molecule has 0 bridgehead atoms. The fourth-order valence-corrected chi connectivity index (χ4v) is 4.80. The summed E-state index contributed by atoms with van der Waals surface area (Å²) in [5.41, 5.74) is 1.03. The highest BCUT2D eigenvalue weighted by Gasteiger charge is 2.37. The Hall–Kier alpha value is -3.21. The van der Waals surface area contributed by atoms with E-state index in [1.807, 2.05) is 18.2 Å². The van der Waals surface area contributed by atoms with Gasteiger partial charge in [-0.05, 0) is 49.2 Å². The van der Waals surface area contributed by atoms with Gasteiger partial charge in [-0.3, -0.25) is 14.4 Å². The maximum atomic E-state index is 12.9. The van der Waals surface area contributed by atoms with Gasteiger partial charge >= 0.3 is 6.36 Å². The SMILES string of the molecule is O=C(Nc1ccc(OC(F)(F)F)cc1)C1CCN(C(=O)[C@@H]2Sc3ccccc3NC2=O)CC1. The number of halogens is 3. The first-order valence-corrected chi connectivity index (χ1v) is 11.1. The second kappa shape index (κ2) is 9.34. The van der Waals surface area contributed by atoms with E-state index in [0.29, 0.717) is 37.3 Å². The quantitative estimate of drug-likeness (QED) is 0.650. The van der Waals surface area contributed by atoms with E-state index in [0.717, 1.165) is 17.0 Å². The second-order valence-electron chi connectivity index (χ2n) is 7.64. The van der Waals surface area contributed by atoms with Gasteiger partial charge in [-0.1, -0.05) is 12.1 Å². The Morgan fingerprint density at radius 2 is 1.73 bits per heavy atom. The van der Waals surface area contributed by atoms with Crippen LogP contribution >= 0.6 is 11.8 Å². The summed E-state index contributed by atoms with van der Waals surface area (Å²) < 4.78 is 40.5. The minimum absolute atomic E-state index is 0.273. The first kappa shape index (κ1) is 23.0. The molecular formula is C22H20F3N3O4S. The second-order valence-corrected chi connectivity index (χ2v) is 8.79. The number of fused-ring (bicyclic) bond motifs is 1. The third-order valence-electron chi connectivity index (χ3n) is 5.39. The molecule has 33 heavy (non-hydrogen) atoms. The molecule has 3 amide bonds. The molecule has 0 spiro atoms. The molecule has 2 N–H and O–H groups in total. The number of ether oxygens (including phenoxy) is 1. The summed E-state index contributed by atoms with van der Waals surface area (Å²) in [6.07, 6.45) is -3.94. The van der Waals surface area contributed by atoms with Crippen molar-refractivity contribution in [3.63, 3.8) is 0 Å². The highest BCUT2D eigenvalue weighted by Crippen LogP contribution is 2.36. The number of hydrogen-bond acceptors (Lipinski definition) is 5.